The third kappa shape index (κ3) is 1.99. The van der Waals surface area contributed by atoms with Crippen LogP contribution in [0.3, 0.4) is 0 Å². The molecule has 1 N–H and O–H groups in total. The van der Waals surface area contributed by atoms with Gasteiger partial charge in [0.1, 0.15) is 0 Å². The van der Waals surface area contributed by atoms with E-state index in [1.165, 1.54) is 15.6 Å². The second-order valence-corrected chi connectivity index (χ2v) is 7.99. The minimum Gasteiger partial charge on any atom is -0.390 e. The van der Waals surface area contributed by atoms with Gasteiger partial charge in [-0.1, -0.05) is 0 Å². The molecule has 15 heavy (non-hydrogen) atoms. The maximum absolute atomic E-state index is 12.0. The second kappa shape index (κ2) is 3.81. The summed E-state index contributed by atoms with van der Waals surface area (Å²) in [5, 5.41) is 9.09. The van der Waals surface area contributed by atoms with E-state index in [1.54, 1.807) is 13.0 Å². The van der Waals surface area contributed by atoms with Gasteiger partial charge < -0.3 is 5.11 Å². The van der Waals surface area contributed by atoms with Crippen LogP contribution >= 0.6 is 27.3 Å². The number of aryl methyl sites for hydroxylation is 1. The number of aliphatic hydroxyl groups excluding tert-OH is 1. The van der Waals surface area contributed by atoms with Gasteiger partial charge in [-0.2, -0.15) is 4.31 Å². The van der Waals surface area contributed by atoms with Crippen molar-refractivity contribution in [1.29, 1.82) is 0 Å². The summed E-state index contributed by atoms with van der Waals surface area (Å²) in [4.78, 5) is 1.11. The number of halogens is 1. The van der Waals surface area contributed by atoms with Crippen LogP contribution in [0.1, 0.15) is 4.88 Å². The fourth-order valence-electron chi connectivity index (χ4n) is 1.44. The Morgan fingerprint density at radius 1 is 1.60 bits per heavy atom. The number of aliphatic hydroxyl groups is 1. The van der Waals surface area contributed by atoms with Gasteiger partial charge in [0.2, 0.25) is 10.0 Å². The quantitative estimate of drug-likeness (QED) is 0.892. The fourth-order valence-corrected chi connectivity index (χ4v) is 5.34. The molecule has 0 spiro atoms. The molecular weight excluding hydrogens is 302 g/mol. The van der Waals surface area contributed by atoms with Crippen LogP contribution in [0.5, 0.6) is 0 Å². The minimum absolute atomic E-state index is 0.204. The number of rotatable bonds is 2. The molecule has 2 rings (SSSR count). The van der Waals surface area contributed by atoms with Crippen LogP contribution < -0.4 is 0 Å². The highest BCUT2D eigenvalue weighted by Crippen LogP contribution is 2.32. The summed E-state index contributed by atoms with van der Waals surface area (Å²) < 4.78 is 26.1. The first-order chi connectivity index (χ1) is 6.91. The van der Waals surface area contributed by atoms with E-state index in [-0.39, 0.29) is 13.1 Å². The lowest BCUT2D eigenvalue weighted by atomic mass is 10.2. The molecule has 84 valence electrons. The Labute approximate surface area is 101 Å². The molecule has 1 saturated heterocycles. The zero-order chi connectivity index (χ0) is 11.2. The van der Waals surface area contributed by atoms with Crippen molar-refractivity contribution < 1.29 is 13.5 Å². The molecule has 1 aromatic heterocycles. The van der Waals surface area contributed by atoms with Crippen LogP contribution in [0.25, 0.3) is 0 Å². The summed E-state index contributed by atoms with van der Waals surface area (Å²) >= 11 is 4.66. The molecule has 0 bridgehead atoms. The lowest BCUT2D eigenvalue weighted by Crippen LogP contribution is -2.53. The third-order valence-corrected chi connectivity index (χ3v) is 5.93. The Kier molecular flexibility index (Phi) is 2.93. The lowest BCUT2D eigenvalue weighted by Gasteiger charge is -2.34. The minimum atomic E-state index is -3.39. The Bertz CT molecular complexity index is 476. The van der Waals surface area contributed by atoms with Crippen molar-refractivity contribution in [3.63, 3.8) is 0 Å². The van der Waals surface area contributed by atoms with Gasteiger partial charge in [-0.3, -0.25) is 0 Å². The maximum Gasteiger partial charge on any atom is 0.244 e. The van der Waals surface area contributed by atoms with E-state index in [0.717, 1.165) is 8.66 Å². The SMILES string of the molecule is Cc1sc(Br)cc1S(=O)(=O)N1CC(O)C1. The summed E-state index contributed by atoms with van der Waals surface area (Å²) in [7, 11) is -3.39. The Balaban J connectivity index is 2.34. The number of hydrogen-bond acceptors (Lipinski definition) is 4. The standard InChI is InChI=1S/C8H10BrNO3S2/c1-5-7(2-8(9)14-5)15(12,13)10-3-6(11)4-10/h2,6,11H,3-4H2,1H3. The van der Waals surface area contributed by atoms with Gasteiger partial charge in [0.15, 0.2) is 0 Å². The summed E-state index contributed by atoms with van der Waals surface area (Å²) in [5.74, 6) is 0. The monoisotopic (exact) mass is 311 g/mol. The molecule has 1 aliphatic heterocycles. The molecule has 0 amide bonds. The zero-order valence-electron chi connectivity index (χ0n) is 7.97. The summed E-state index contributed by atoms with van der Waals surface area (Å²) in [6, 6.07) is 1.61. The van der Waals surface area contributed by atoms with Crippen molar-refractivity contribution in [2.45, 2.75) is 17.9 Å². The van der Waals surface area contributed by atoms with E-state index in [0.29, 0.717) is 4.90 Å². The molecule has 0 radical (unpaired) electrons. The van der Waals surface area contributed by atoms with E-state index in [1.807, 2.05) is 0 Å². The van der Waals surface area contributed by atoms with Gasteiger partial charge in [0, 0.05) is 18.0 Å². The maximum atomic E-state index is 12.0. The van der Waals surface area contributed by atoms with E-state index >= 15 is 0 Å². The largest absolute Gasteiger partial charge is 0.390 e. The predicted molar refractivity (Wildman–Crippen MR) is 61.5 cm³/mol. The van der Waals surface area contributed by atoms with Gasteiger partial charge in [0.25, 0.3) is 0 Å². The highest BCUT2D eigenvalue weighted by molar-refractivity contribution is 9.11. The summed E-state index contributed by atoms with van der Waals surface area (Å²) in [5.41, 5.74) is 0. The molecule has 1 fully saturated rings. The van der Waals surface area contributed by atoms with Gasteiger partial charge >= 0.3 is 0 Å². The van der Waals surface area contributed by atoms with Crippen LogP contribution in [-0.2, 0) is 10.0 Å². The molecular formula is C8H10BrNO3S2. The van der Waals surface area contributed by atoms with E-state index < -0.39 is 16.1 Å². The molecule has 7 heteroatoms. The molecule has 0 saturated carbocycles. The average Bonchev–Trinajstić information content (AvgIpc) is 2.40. The van der Waals surface area contributed by atoms with Crippen LogP contribution in [0.15, 0.2) is 14.7 Å². The van der Waals surface area contributed by atoms with Gasteiger partial charge in [-0.05, 0) is 28.9 Å². The molecule has 1 aromatic rings. The van der Waals surface area contributed by atoms with Crippen LogP contribution in [-0.4, -0.2) is 37.0 Å². The Morgan fingerprint density at radius 2 is 2.20 bits per heavy atom. The summed E-state index contributed by atoms with van der Waals surface area (Å²) in [6.07, 6.45) is -0.512. The normalized spacial score (nSPS) is 19.1. The van der Waals surface area contributed by atoms with Crippen molar-refractivity contribution in [1.82, 2.24) is 4.31 Å². The highest BCUT2D eigenvalue weighted by Gasteiger charge is 2.36. The molecule has 4 nitrogen and oxygen atoms in total. The second-order valence-electron chi connectivity index (χ2n) is 3.45. The van der Waals surface area contributed by atoms with Gasteiger partial charge in [-0.15, -0.1) is 11.3 Å². The third-order valence-electron chi connectivity index (χ3n) is 2.29. The van der Waals surface area contributed by atoms with Crippen molar-refractivity contribution in [2.24, 2.45) is 0 Å². The molecule has 0 aliphatic carbocycles. The van der Waals surface area contributed by atoms with E-state index in [4.69, 9.17) is 5.11 Å². The van der Waals surface area contributed by atoms with Gasteiger partial charge in [-0.25, -0.2) is 8.42 Å². The topological polar surface area (TPSA) is 57.6 Å². The first-order valence-electron chi connectivity index (χ1n) is 4.35. The first-order valence-corrected chi connectivity index (χ1v) is 7.40. The summed E-state index contributed by atoms with van der Waals surface area (Å²) in [6.45, 7) is 2.18. The smallest absolute Gasteiger partial charge is 0.244 e. The van der Waals surface area contributed by atoms with Crippen molar-refractivity contribution >= 4 is 37.3 Å². The predicted octanol–water partition coefficient (Wildman–Crippen LogP) is 1.18. The van der Waals surface area contributed by atoms with Gasteiger partial charge in [0.05, 0.1) is 14.8 Å². The average molecular weight is 312 g/mol. The molecule has 1 aliphatic rings. The highest BCUT2D eigenvalue weighted by atomic mass is 79.9. The lowest BCUT2D eigenvalue weighted by molar-refractivity contribution is 0.0548. The van der Waals surface area contributed by atoms with Crippen molar-refractivity contribution in [3.05, 3.63) is 14.7 Å². The molecule has 2 heterocycles. The van der Waals surface area contributed by atoms with Crippen molar-refractivity contribution in [3.8, 4) is 0 Å². The van der Waals surface area contributed by atoms with Crippen LogP contribution in [0.4, 0.5) is 0 Å². The molecule has 0 atom stereocenters. The molecule has 0 unspecified atom stereocenters. The van der Waals surface area contributed by atoms with E-state index in [2.05, 4.69) is 15.9 Å². The van der Waals surface area contributed by atoms with E-state index in [9.17, 15) is 8.42 Å². The number of β-amino-alcohol motifs (C(OH)–C–C–N with tert-alkyl or cyclic N) is 1. The number of sulfonamides is 1. The fraction of sp³-hybridized carbons (Fsp3) is 0.500. The Hall–Kier alpha value is 0.0500. The number of thiophene rings is 1. The first kappa shape index (κ1) is 11.5. The van der Waals surface area contributed by atoms with Crippen LogP contribution in [0.2, 0.25) is 0 Å². The number of nitrogens with zero attached hydrogens (tertiary/aromatic N) is 1. The zero-order valence-corrected chi connectivity index (χ0v) is 11.2. The van der Waals surface area contributed by atoms with Crippen LogP contribution in [0, 0.1) is 6.92 Å². The van der Waals surface area contributed by atoms with Crippen molar-refractivity contribution in [2.75, 3.05) is 13.1 Å². The Morgan fingerprint density at radius 3 is 2.60 bits per heavy atom. The molecule has 0 aromatic carbocycles. The number of hydrogen-bond donors (Lipinski definition) is 1.